The van der Waals surface area contributed by atoms with Crippen LogP contribution in [0.2, 0.25) is 0 Å². The van der Waals surface area contributed by atoms with Gasteiger partial charge in [-0.25, -0.2) is 14.6 Å². The standard InChI is InChI=1S/C40H36N2O7S/c1-5-48-39(46)34-35(28-11-7-6-8-12-28)41-40-42(36(34)29-17-15-27(16-18-29)24(2)3)37(43)33(50-40)22-25-14-19-31(32(21-25)47-4)49-23-26-10-9-13-30(20-26)38(44)45/h6-22,24,36H,5,23H2,1-4H3,(H,44,45)/b33-22-/t36-/m1/s1. The first-order valence-corrected chi connectivity index (χ1v) is 17.0. The van der Waals surface area contributed by atoms with Crippen LogP contribution in [0.25, 0.3) is 11.8 Å². The van der Waals surface area contributed by atoms with Crippen LogP contribution in [0.3, 0.4) is 0 Å². The van der Waals surface area contributed by atoms with Crippen molar-refractivity contribution in [2.24, 2.45) is 4.99 Å². The fraction of sp³-hybridized carbons (Fsp3) is 0.200. The Kier molecular flexibility index (Phi) is 10.1. The Morgan fingerprint density at radius 3 is 2.40 bits per heavy atom. The quantitative estimate of drug-likeness (QED) is 0.161. The van der Waals surface area contributed by atoms with Gasteiger partial charge < -0.3 is 19.3 Å². The lowest BCUT2D eigenvalue weighted by molar-refractivity contribution is -0.138. The maximum absolute atomic E-state index is 14.3. The second-order valence-electron chi connectivity index (χ2n) is 12.0. The molecule has 0 fully saturated rings. The molecule has 50 heavy (non-hydrogen) atoms. The van der Waals surface area contributed by atoms with E-state index in [1.54, 1.807) is 47.9 Å². The molecule has 0 unspecified atom stereocenters. The average molecular weight is 689 g/mol. The van der Waals surface area contributed by atoms with Crippen molar-refractivity contribution in [1.82, 2.24) is 4.57 Å². The third-order valence-corrected chi connectivity index (χ3v) is 9.33. The van der Waals surface area contributed by atoms with E-state index in [1.165, 1.54) is 24.5 Å². The van der Waals surface area contributed by atoms with Gasteiger partial charge in [-0.2, -0.15) is 0 Å². The lowest BCUT2D eigenvalue weighted by Crippen LogP contribution is -2.40. The molecule has 1 N–H and O–H groups in total. The van der Waals surface area contributed by atoms with Crippen molar-refractivity contribution in [3.63, 3.8) is 0 Å². The number of thiazole rings is 1. The number of nitrogens with zero attached hydrogens (tertiary/aromatic N) is 2. The molecule has 254 valence electrons. The number of hydrogen-bond donors (Lipinski definition) is 1. The summed E-state index contributed by atoms with van der Waals surface area (Å²) in [6.07, 6.45) is 1.77. The number of fused-ring (bicyclic) bond motifs is 1. The number of carboxylic acid groups (broad SMARTS) is 1. The number of methoxy groups -OCH3 is 1. The van der Waals surface area contributed by atoms with Crippen molar-refractivity contribution in [1.29, 1.82) is 0 Å². The van der Waals surface area contributed by atoms with Crippen LogP contribution in [0.15, 0.2) is 112 Å². The Morgan fingerprint density at radius 1 is 0.960 bits per heavy atom. The van der Waals surface area contributed by atoms with E-state index in [2.05, 4.69) is 13.8 Å². The molecule has 5 aromatic rings. The molecule has 10 heteroatoms. The van der Waals surface area contributed by atoms with Crippen molar-refractivity contribution in [2.75, 3.05) is 13.7 Å². The smallest absolute Gasteiger partial charge is 0.338 e. The van der Waals surface area contributed by atoms with E-state index in [1.807, 2.05) is 60.7 Å². The van der Waals surface area contributed by atoms with Crippen LogP contribution in [-0.4, -0.2) is 35.3 Å². The Hall–Kier alpha value is -5.74. The highest BCUT2D eigenvalue weighted by Gasteiger charge is 2.35. The zero-order chi connectivity index (χ0) is 35.4. The van der Waals surface area contributed by atoms with Crippen LogP contribution in [0.5, 0.6) is 11.5 Å². The molecule has 4 aromatic carbocycles. The van der Waals surface area contributed by atoms with Crippen LogP contribution in [-0.2, 0) is 16.1 Å². The Morgan fingerprint density at radius 2 is 1.72 bits per heavy atom. The largest absolute Gasteiger partial charge is 0.493 e. The number of carbonyl (C=O) groups excluding carboxylic acids is 1. The summed E-state index contributed by atoms with van der Waals surface area (Å²) in [6, 6.07) is 28.5. The van der Waals surface area contributed by atoms with Crippen molar-refractivity contribution < 1.29 is 28.9 Å². The summed E-state index contributed by atoms with van der Waals surface area (Å²) in [4.78, 5) is 44.8. The molecule has 1 atom stereocenters. The van der Waals surface area contributed by atoms with Crippen molar-refractivity contribution in [3.05, 3.63) is 156 Å². The minimum absolute atomic E-state index is 0.139. The second-order valence-corrected chi connectivity index (χ2v) is 13.0. The number of benzene rings is 4. The van der Waals surface area contributed by atoms with Gasteiger partial charge in [0.15, 0.2) is 16.3 Å². The maximum atomic E-state index is 14.3. The molecule has 0 saturated carbocycles. The Labute approximate surface area is 293 Å². The lowest BCUT2D eigenvalue weighted by Gasteiger charge is -2.26. The predicted molar refractivity (Wildman–Crippen MR) is 192 cm³/mol. The average Bonchev–Trinajstić information content (AvgIpc) is 3.44. The van der Waals surface area contributed by atoms with E-state index >= 15 is 0 Å². The fourth-order valence-electron chi connectivity index (χ4n) is 5.82. The van der Waals surface area contributed by atoms with Gasteiger partial charge in [0.05, 0.1) is 41.1 Å². The summed E-state index contributed by atoms with van der Waals surface area (Å²) in [5.41, 5.74) is 4.69. The molecular weight excluding hydrogens is 653 g/mol. The van der Waals surface area contributed by atoms with Gasteiger partial charge in [-0.15, -0.1) is 0 Å². The van der Waals surface area contributed by atoms with E-state index in [0.29, 0.717) is 49.1 Å². The number of ether oxygens (including phenoxy) is 3. The number of carbonyl (C=O) groups is 2. The highest BCUT2D eigenvalue weighted by atomic mass is 32.1. The van der Waals surface area contributed by atoms with Gasteiger partial charge >= 0.3 is 11.9 Å². The molecule has 0 aliphatic carbocycles. The number of hydrogen-bond acceptors (Lipinski definition) is 8. The molecule has 1 aliphatic rings. The van der Waals surface area contributed by atoms with Crippen molar-refractivity contribution in [2.45, 2.75) is 39.3 Å². The van der Waals surface area contributed by atoms with Crippen LogP contribution in [0.4, 0.5) is 0 Å². The van der Waals surface area contributed by atoms with Crippen LogP contribution >= 0.6 is 11.3 Å². The Bertz CT molecular complexity index is 2270. The third kappa shape index (κ3) is 7.02. The molecule has 1 aromatic heterocycles. The van der Waals surface area contributed by atoms with Gasteiger partial charge in [0.25, 0.3) is 5.56 Å². The van der Waals surface area contributed by atoms with E-state index in [-0.39, 0.29) is 24.3 Å². The first kappa shape index (κ1) is 34.1. The minimum Gasteiger partial charge on any atom is -0.493 e. The third-order valence-electron chi connectivity index (χ3n) is 8.35. The highest BCUT2D eigenvalue weighted by molar-refractivity contribution is 7.07. The first-order valence-electron chi connectivity index (χ1n) is 16.2. The van der Waals surface area contributed by atoms with E-state index < -0.39 is 18.0 Å². The zero-order valence-corrected chi connectivity index (χ0v) is 28.9. The van der Waals surface area contributed by atoms with Gasteiger partial charge in [0, 0.05) is 5.56 Å². The minimum atomic E-state index is -1.01. The summed E-state index contributed by atoms with van der Waals surface area (Å²) in [6.45, 7) is 6.29. The molecule has 0 bridgehead atoms. The first-order chi connectivity index (χ1) is 24.2. The predicted octanol–water partition coefficient (Wildman–Crippen LogP) is 6.34. The molecule has 1 aliphatic heterocycles. The van der Waals surface area contributed by atoms with Crippen molar-refractivity contribution in [3.8, 4) is 11.5 Å². The van der Waals surface area contributed by atoms with Crippen molar-refractivity contribution >= 4 is 35.0 Å². The molecule has 2 heterocycles. The number of aromatic carboxylic acids is 1. The highest BCUT2D eigenvalue weighted by Crippen LogP contribution is 2.36. The Balaban J connectivity index is 1.45. The van der Waals surface area contributed by atoms with E-state index in [9.17, 15) is 19.5 Å². The maximum Gasteiger partial charge on any atom is 0.338 e. The lowest BCUT2D eigenvalue weighted by atomic mass is 9.91. The summed E-state index contributed by atoms with van der Waals surface area (Å²) in [7, 11) is 1.53. The van der Waals surface area contributed by atoms with Gasteiger partial charge in [-0.1, -0.05) is 98.0 Å². The van der Waals surface area contributed by atoms with Gasteiger partial charge in [0.1, 0.15) is 6.61 Å². The van der Waals surface area contributed by atoms with E-state index in [4.69, 9.17) is 19.2 Å². The summed E-state index contributed by atoms with van der Waals surface area (Å²) in [5.74, 6) is -0.327. The van der Waals surface area contributed by atoms with Crippen LogP contribution in [0.1, 0.15) is 70.9 Å². The fourth-order valence-corrected chi connectivity index (χ4v) is 6.82. The number of aromatic nitrogens is 1. The van der Waals surface area contributed by atoms with Gasteiger partial charge in [-0.3, -0.25) is 9.36 Å². The molecule has 0 radical (unpaired) electrons. The normalized spacial score (nSPS) is 14.3. The van der Waals surface area contributed by atoms with Gasteiger partial charge in [0.2, 0.25) is 0 Å². The van der Waals surface area contributed by atoms with Crippen LogP contribution < -0.4 is 24.4 Å². The number of carboxylic acids is 1. The molecule has 0 amide bonds. The SMILES string of the molecule is CCOC(=O)C1=C(c2ccccc2)N=c2s/c(=C\c3ccc(OCc4cccc(C(=O)O)c4)c(OC)c3)c(=O)n2[C@@H]1c1ccc(C(C)C)cc1. The van der Waals surface area contributed by atoms with Crippen LogP contribution in [0, 0.1) is 0 Å². The van der Waals surface area contributed by atoms with Gasteiger partial charge in [-0.05, 0) is 65.4 Å². The summed E-state index contributed by atoms with van der Waals surface area (Å²) >= 11 is 1.24. The molecule has 9 nitrogen and oxygen atoms in total. The summed E-state index contributed by atoms with van der Waals surface area (Å²) < 4.78 is 19.2. The number of esters is 1. The topological polar surface area (TPSA) is 116 Å². The zero-order valence-electron chi connectivity index (χ0n) is 28.1. The molecule has 6 rings (SSSR count). The molecule has 0 saturated heterocycles. The molecular formula is C40H36N2O7S. The second kappa shape index (κ2) is 14.8. The number of rotatable bonds is 11. The summed E-state index contributed by atoms with van der Waals surface area (Å²) in [5, 5.41) is 9.31. The van der Waals surface area contributed by atoms with E-state index in [0.717, 1.165) is 16.7 Å². The monoisotopic (exact) mass is 688 g/mol. The molecule has 0 spiro atoms.